The fourth-order valence-electron chi connectivity index (χ4n) is 2.43. The highest BCUT2D eigenvalue weighted by Gasteiger charge is 2.33. The second-order valence-electron chi connectivity index (χ2n) is 6.15. The summed E-state index contributed by atoms with van der Waals surface area (Å²) in [6, 6.07) is 15.4. The van der Waals surface area contributed by atoms with E-state index in [9.17, 15) is 14.7 Å². The highest BCUT2D eigenvalue weighted by molar-refractivity contribution is 5.91. The van der Waals surface area contributed by atoms with E-state index in [-0.39, 0.29) is 5.91 Å². The van der Waals surface area contributed by atoms with Crippen LogP contribution >= 0.6 is 0 Å². The average Bonchev–Trinajstić information content (AvgIpc) is 2.52. The molecule has 2 aromatic carbocycles. The smallest absolute Gasteiger partial charge is 0.330 e. The van der Waals surface area contributed by atoms with Crippen LogP contribution in [-0.4, -0.2) is 17.0 Å². The van der Waals surface area contributed by atoms with Crippen LogP contribution in [0.15, 0.2) is 54.6 Å². The minimum Gasteiger partial charge on any atom is -0.479 e. The van der Waals surface area contributed by atoms with E-state index in [1.807, 2.05) is 43.3 Å². The summed E-state index contributed by atoms with van der Waals surface area (Å²) in [4.78, 5) is 24.3. The number of benzene rings is 2. The van der Waals surface area contributed by atoms with Gasteiger partial charge in [-0.3, -0.25) is 4.79 Å². The van der Waals surface area contributed by atoms with E-state index in [2.05, 4.69) is 5.32 Å². The number of carbonyl (C=O) groups excluding carboxylic acids is 1. The van der Waals surface area contributed by atoms with Gasteiger partial charge in [-0.1, -0.05) is 60.2 Å². The Bertz CT molecular complexity index is 708. The molecule has 23 heavy (non-hydrogen) atoms. The Morgan fingerprint density at radius 2 is 1.70 bits per heavy atom. The summed E-state index contributed by atoms with van der Waals surface area (Å²) in [5, 5.41) is 12.1. The Morgan fingerprint density at radius 1 is 1.04 bits per heavy atom. The molecule has 0 aliphatic carbocycles. The van der Waals surface area contributed by atoms with Gasteiger partial charge in [0.25, 0.3) is 0 Å². The Labute approximate surface area is 136 Å². The highest BCUT2D eigenvalue weighted by atomic mass is 16.4. The van der Waals surface area contributed by atoms with Crippen LogP contribution in [-0.2, 0) is 15.0 Å². The van der Waals surface area contributed by atoms with Crippen LogP contribution in [0.2, 0.25) is 0 Å². The zero-order valence-electron chi connectivity index (χ0n) is 13.5. The zero-order valence-corrected chi connectivity index (χ0v) is 13.5. The fourth-order valence-corrected chi connectivity index (χ4v) is 2.43. The van der Waals surface area contributed by atoms with E-state index in [4.69, 9.17) is 0 Å². The number of nitrogens with one attached hydrogen (secondary N) is 1. The molecule has 0 radical (unpaired) electrons. The maximum absolute atomic E-state index is 12.7. The third-order valence-electron chi connectivity index (χ3n) is 3.96. The summed E-state index contributed by atoms with van der Waals surface area (Å²) in [7, 11) is 0. The minimum absolute atomic E-state index is 0.322. The number of hydrogen-bond acceptors (Lipinski definition) is 2. The topological polar surface area (TPSA) is 66.4 Å². The van der Waals surface area contributed by atoms with Gasteiger partial charge >= 0.3 is 5.97 Å². The van der Waals surface area contributed by atoms with Gasteiger partial charge in [-0.25, -0.2) is 4.79 Å². The lowest BCUT2D eigenvalue weighted by Gasteiger charge is -2.26. The van der Waals surface area contributed by atoms with Gasteiger partial charge in [-0.05, 0) is 31.9 Å². The van der Waals surface area contributed by atoms with Crippen molar-refractivity contribution in [3.8, 4) is 0 Å². The third-order valence-corrected chi connectivity index (χ3v) is 3.96. The number of carboxylic acid groups (broad SMARTS) is 1. The number of amides is 1. The van der Waals surface area contributed by atoms with Gasteiger partial charge in [0, 0.05) is 0 Å². The van der Waals surface area contributed by atoms with Gasteiger partial charge in [-0.15, -0.1) is 0 Å². The molecule has 2 aromatic rings. The van der Waals surface area contributed by atoms with Gasteiger partial charge in [0.1, 0.15) is 0 Å². The normalized spacial score (nSPS) is 12.5. The van der Waals surface area contributed by atoms with Gasteiger partial charge in [0.15, 0.2) is 6.04 Å². The van der Waals surface area contributed by atoms with E-state index in [0.717, 1.165) is 11.1 Å². The van der Waals surface area contributed by atoms with Crippen molar-refractivity contribution >= 4 is 11.9 Å². The Kier molecular flexibility index (Phi) is 4.84. The highest BCUT2D eigenvalue weighted by Crippen LogP contribution is 2.25. The molecular weight excluding hydrogens is 290 g/mol. The first-order chi connectivity index (χ1) is 10.8. The van der Waals surface area contributed by atoms with Crippen LogP contribution in [0.25, 0.3) is 0 Å². The molecule has 0 aliphatic heterocycles. The Hall–Kier alpha value is -2.62. The van der Waals surface area contributed by atoms with E-state index >= 15 is 0 Å². The average molecular weight is 311 g/mol. The van der Waals surface area contributed by atoms with Gasteiger partial charge in [0.2, 0.25) is 5.91 Å². The first kappa shape index (κ1) is 16.7. The van der Waals surface area contributed by atoms with Crippen molar-refractivity contribution in [3.63, 3.8) is 0 Å². The zero-order chi connectivity index (χ0) is 17.0. The number of carbonyl (C=O) groups is 2. The Morgan fingerprint density at radius 3 is 2.26 bits per heavy atom. The first-order valence-electron chi connectivity index (χ1n) is 7.48. The quantitative estimate of drug-likeness (QED) is 0.891. The minimum atomic E-state index is -1.08. The second kappa shape index (κ2) is 6.65. The van der Waals surface area contributed by atoms with Crippen molar-refractivity contribution < 1.29 is 14.7 Å². The first-order valence-corrected chi connectivity index (χ1v) is 7.48. The molecule has 120 valence electrons. The standard InChI is InChI=1S/C19H21NO3/c1-13-8-7-9-14(12-13)16(17(21)22)20-18(23)19(2,3)15-10-5-4-6-11-15/h4-12,16H,1-3H3,(H,20,23)(H,21,22). The summed E-state index contributed by atoms with van der Waals surface area (Å²) < 4.78 is 0. The number of aliphatic carboxylic acids is 1. The van der Waals surface area contributed by atoms with Crippen molar-refractivity contribution in [1.82, 2.24) is 5.32 Å². The monoisotopic (exact) mass is 311 g/mol. The van der Waals surface area contributed by atoms with Crippen LogP contribution in [0.4, 0.5) is 0 Å². The summed E-state index contributed by atoms with van der Waals surface area (Å²) in [5.74, 6) is -1.40. The lowest BCUT2D eigenvalue weighted by atomic mass is 9.83. The van der Waals surface area contributed by atoms with E-state index in [1.165, 1.54) is 0 Å². The molecule has 4 nitrogen and oxygen atoms in total. The summed E-state index contributed by atoms with van der Waals surface area (Å²) >= 11 is 0. The molecular formula is C19H21NO3. The maximum Gasteiger partial charge on any atom is 0.330 e. The largest absolute Gasteiger partial charge is 0.479 e. The van der Waals surface area contributed by atoms with Gasteiger partial charge in [-0.2, -0.15) is 0 Å². The predicted octanol–water partition coefficient (Wildman–Crippen LogP) is 3.21. The van der Waals surface area contributed by atoms with Crippen molar-refractivity contribution in [1.29, 1.82) is 0 Å². The number of rotatable bonds is 5. The van der Waals surface area contributed by atoms with Crippen LogP contribution < -0.4 is 5.32 Å². The molecule has 1 amide bonds. The molecule has 2 N–H and O–H groups in total. The van der Waals surface area contributed by atoms with E-state index in [1.54, 1.807) is 32.0 Å². The molecule has 0 aliphatic rings. The molecule has 1 atom stereocenters. The van der Waals surface area contributed by atoms with Crippen LogP contribution in [0.3, 0.4) is 0 Å². The number of aryl methyl sites for hydroxylation is 1. The van der Waals surface area contributed by atoms with Crippen LogP contribution in [0.1, 0.15) is 36.6 Å². The number of hydrogen-bond donors (Lipinski definition) is 2. The maximum atomic E-state index is 12.7. The second-order valence-corrected chi connectivity index (χ2v) is 6.15. The summed E-state index contributed by atoms with van der Waals surface area (Å²) in [6.07, 6.45) is 0. The molecule has 0 saturated heterocycles. The van der Waals surface area contributed by atoms with Crippen molar-refractivity contribution in [2.24, 2.45) is 0 Å². The SMILES string of the molecule is Cc1cccc(C(NC(=O)C(C)(C)c2ccccc2)C(=O)O)c1. The van der Waals surface area contributed by atoms with Crippen molar-refractivity contribution in [2.45, 2.75) is 32.2 Å². The molecule has 0 aromatic heterocycles. The Balaban J connectivity index is 2.27. The molecule has 0 fully saturated rings. The summed E-state index contributed by atoms with van der Waals surface area (Å²) in [6.45, 7) is 5.46. The van der Waals surface area contributed by atoms with Crippen molar-refractivity contribution in [2.75, 3.05) is 0 Å². The fraction of sp³-hybridized carbons (Fsp3) is 0.263. The van der Waals surface area contributed by atoms with Gasteiger partial charge < -0.3 is 10.4 Å². The lowest BCUT2D eigenvalue weighted by Crippen LogP contribution is -2.44. The van der Waals surface area contributed by atoms with Gasteiger partial charge in [0.05, 0.1) is 5.41 Å². The molecule has 2 rings (SSSR count). The third kappa shape index (κ3) is 3.77. The van der Waals surface area contributed by atoms with Crippen LogP contribution in [0, 0.1) is 6.92 Å². The van der Waals surface area contributed by atoms with E-state index in [0.29, 0.717) is 5.56 Å². The predicted molar refractivity (Wildman–Crippen MR) is 89.2 cm³/mol. The number of carboxylic acids is 1. The molecule has 0 heterocycles. The molecule has 4 heteroatoms. The molecule has 0 bridgehead atoms. The van der Waals surface area contributed by atoms with Crippen LogP contribution in [0.5, 0.6) is 0 Å². The van der Waals surface area contributed by atoms with Crippen molar-refractivity contribution in [3.05, 3.63) is 71.3 Å². The molecule has 1 unspecified atom stereocenters. The lowest BCUT2D eigenvalue weighted by molar-refractivity contribution is -0.142. The van der Waals surface area contributed by atoms with E-state index < -0.39 is 17.4 Å². The summed E-state index contributed by atoms with van der Waals surface area (Å²) in [5.41, 5.74) is 1.53. The molecule has 0 saturated carbocycles. The molecule has 0 spiro atoms.